The van der Waals surface area contributed by atoms with E-state index in [0.717, 1.165) is 24.5 Å². The van der Waals surface area contributed by atoms with Crippen molar-refractivity contribution >= 4 is 17.2 Å². The van der Waals surface area contributed by atoms with E-state index in [0.29, 0.717) is 11.3 Å². The van der Waals surface area contributed by atoms with E-state index in [9.17, 15) is 4.39 Å². The second-order valence-corrected chi connectivity index (χ2v) is 4.29. The SMILES string of the molecule is CCCNc1cc(Nc2ccc(C#N)cc2F)ccn1. The van der Waals surface area contributed by atoms with Crippen LogP contribution in [-0.2, 0) is 0 Å². The molecule has 0 amide bonds. The first-order valence-corrected chi connectivity index (χ1v) is 6.39. The third-order valence-electron chi connectivity index (χ3n) is 2.69. The van der Waals surface area contributed by atoms with Crippen molar-refractivity contribution in [2.45, 2.75) is 13.3 Å². The Labute approximate surface area is 117 Å². The van der Waals surface area contributed by atoms with Crippen LogP contribution in [0, 0.1) is 17.1 Å². The summed E-state index contributed by atoms with van der Waals surface area (Å²) in [4.78, 5) is 4.18. The second-order valence-electron chi connectivity index (χ2n) is 4.29. The molecule has 1 heterocycles. The molecule has 1 aromatic heterocycles. The third kappa shape index (κ3) is 3.45. The van der Waals surface area contributed by atoms with Crippen molar-refractivity contribution in [2.75, 3.05) is 17.2 Å². The van der Waals surface area contributed by atoms with E-state index in [-0.39, 0.29) is 0 Å². The number of nitriles is 1. The first kappa shape index (κ1) is 13.8. The van der Waals surface area contributed by atoms with Gasteiger partial charge in [-0.15, -0.1) is 0 Å². The predicted octanol–water partition coefficient (Wildman–Crippen LogP) is 3.66. The molecule has 4 nitrogen and oxygen atoms in total. The van der Waals surface area contributed by atoms with Gasteiger partial charge in [-0.25, -0.2) is 9.37 Å². The molecule has 0 aliphatic carbocycles. The Balaban J connectivity index is 2.15. The number of rotatable bonds is 5. The van der Waals surface area contributed by atoms with Gasteiger partial charge in [0.15, 0.2) is 0 Å². The largest absolute Gasteiger partial charge is 0.370 e. The van der Waals surface area contributed by atoms with Crippen molar-refractivity contribution in [2.24, 2.45) is 0 Å². The minimum Gasteiger partial charge on any atom is -0.370 e. The van der Waals surface area contributed by atoms with E-state index < -0.39 is 5.82 Å². The summed E-state index contributed by atoms with van der Waals surface area (Å²) >= 11 is 0. The van der Waals surface area contributed by atoms with Gasteiger partial charge in [0.2, 0.25) is 0 Å². The Kier molecular flexibility index (Phi) is 4.51. The third-order valence-corrected chi connectivity index (χ3v) is 2.69. The fourth-order valence-corrected chi connectivity index (χ4v) is 1.70. The van der Waals surface area contributed by atoms with Gasteiger partial charge in [-0.3, -0.25) is 0 Å². The molecule has 0 aliphatic heterocycles. The standard InChI is InChI=1S/C15H15FN4/c1-2-6-18-15-9-12(5-7-19-15)20-14-4-3-11(10-17)8-13(14)16/h3-5,7-9H,2,6H2,1H3,(H2,18,19,20). The van der Waals surface area contributed by atoms with E-state index in [1.165, 1.54) is 6.07 Å². The van der Waals surface area contributed by atoms with Crippen molar-refractivity contribution in [3.63, 3.8) is 0 Å². The van der Waals surface area contributed by atoms with Crippen LogP contribution in [0.4, 0.5) is 21.6 Å². The molecule has 1 aromatic carbocycles. The van der Waals surface area contributed by atoms with Gasteiger partial charge in [0.05, 0.1) is 17.3 Å². The van der Waals surface area contributed by atoms with Crippen LogP contribution in [0.25, 0.3) is 0 Å². The molecular weight excluding hydrogens is 255 g/mol. The average Bonchev–Trinajstić information content (AvgIpc) is 2.47. The predicted molar refractivity (Wildman–Crippen MR) is 77.4 cm³/mol. The fourth-order valence-electron chi connectivity index (χ4n) is 1.70. The Morgan fingerprint density at radius 3 is 2.85 bits per heavy atom. The number of nitrogens with zero attached hydrogens (tertiary/aromatic N) is 2. The summed E-state index contributed by atoms with van der Waals surface area (Å²) in [7, 11) is 0. The number of halogens is 1. The lowest BCUT2D eigenvalue weighted by Crippen LogP contribution is -2.02. The highest BCUT2D eigenvalue weighted by Crippen LogP contribution is 2.22. The Bertz CT molecular complexity index is 634. The number of pyridine rings is 1. The molecule has 0 fully saturated rings. The summed E-state index contributed by atoms with van der Waals surface area (Å²) in [5.41, 5.74) is 1.37. The van der Waals surface area contributed by atoms with Crippen LogP contribution in [0.2, 0.25) is 0 Å². The van der Waals surface area contributed by atoms with Gasteiger partial charge in [-0.05, 0) is 30.7 Å². The first-order chi connectivity index (χ1) is 9.72. The maximum atomic E-state index is 13.8. The molecule has 0 atom stereocenters. The number of benzene rings is 1. The second kappa shape index (κ2) is 6.53. The summed E-state index contributed by atoms with van der Waals surface area (Å²) < 4.78 is 13.8. The van der Waals surface area contributed by atoms with E-state index in [4.69, 9.17) is 5.26 Å². The van der Waals surface area contributed by atoms with Crippen LogP contribution in [-0.4, -0.2) is 11.5 Å². The Morgan fingerprint density at radius 2 is 2.15 bits per heavy atom. The van der Waals surface area contributed by atoms with Crippen molar-refractivity contribution in [1.29, 1.82) is 5.26 Å². The first-order valence-electron chi connectivity index (χ1n) is 6.39. The highest BCUT2D eigenvalue weighted by atomic mass is 19.1. The van der Waals surface area contributed by atoms with Crippen LogP contribution in [0.15, 0.2) is 36.5 Å². The van der Waals surface area contributed by atoms with Gasteiger partial charge in [0.1, 0.15) is 11.6 Å². The van der Waals surface area contributed by atoms with Gasteiger partial charge in [-0.1, -0.05) is 6.92 Å². The van der Waals surface area contributed by atoms with Crippen LogP contribution < -0.4 is 10.6 Å². The number of nitrogens with one attached hydrogen (secondary N) is 2. The molecule has 0 radical (unpaired) electrons. The maximum absolute atomic E-state index is 13.8. The van der Waals surface area contributed by atoms with Gasteiger partial charge in [-0.2, -0.15) is 5.26 Å². The molecule has 0 saturated heterocycles. The number of anilines is 3. The van der Waals surface area contributed by atoms with Crippen LogP contribution in [0.1, 0.15) is 18.9 Å². The van der Waals surface area contributed by atoms with Gasteiger partial charge in [0, 0.05) is 24.5 Å². The molecule has 0 bridgehead atoms. The maximum Gasteiger partial charge on any atom is 0.147 e. The van der Waals surface area contributed by atoms with Crippen molar-refractivity contribution < 1.29 is 4.39 Å². The smallest absolute Gasteiger partial charge is 0.147 e. The zero-order chi connectivity index (χ0) is 14.4. The molecule has 0 saturated carbocycles. The molecule has 102 valence electrons. The van der Waals surface area contributed by atoms with Gasteiger partial charge in [0.25, 0.3) is 0 Å². The quantitative estimate of drug-likeness (QED) is 0.870. The summed E-state index contributed by atoms with van der Waals surface area (Å²) in [5.74, 6) is 0.287. The highest BCUT2D eigenvalue weighted by Gasteiger charge is 2.04. The fraction of sp³-hybridized carbons (Fsp3) is 0.200. The highest BCUT2D eigenvalue weighted by molar-refractivity contribution is 5.63. The van der Waals surface area contributed by atoms with Crippen LogP contribution in [0.3, 0.4) is 0 Å². The average molecular weight is 270 g/mol. The van der Waals surface area contributed by atoms with Crippen LogP contribution in [0.5, 0.6) is 0 Å². The zero-order valence-electron chi connectivity index (χ0n) is 11.2. The molecular formula is C15H15FN4. The molecule has 5 heteroatoms. The van der Waals surface area contributed by atoms with Crippen molar-refractivity contribution in [3.8, 4) is 6.07 Å². The molecule has 0 unspecified atom stereocenters. The summed E-state index contributed by atoms with van der Waals surface area (Å²) in [6.45, 7) is 2.91. The molecule has 2 N–H and O–H groups in total. The Morgan fingerprint density at radius 1 is 1.30 bits per heavy atom. The van der Waals surface area contributed by atoms with E-state index in [2.05, 4.69) is 22.5 Å². The monoisotopic (exact) mass is 270 g/mol. The van der Waals surface area contributed by atoms with Crippen molar-refractivity contribution in [1.82, 2.24) is 4.98 Å². The lowest BCUT2D eigenvalue weighted by atomic mass is 10.2. The van der Waals surface area contributed by atoms with Gasteiger partial charge < -0.3 is 10.6 Å². The number of hydrogen-bond acceptors (Lipinski definition) is 4. The summed E-state index contributed by atoms with van der Waals surface area (Å²) in [6, 6.07) is 9.80. The summed E-state index contributed by atoms with van der Waals surface area (Å²) in [5, 5.41) is 14.8. The summed E-state index contributed by atoms with van der Waals surface area (Å²) in [6.07, 6.45) is 2.66. The molecule has 2 aromatic rings. The molecule has 2 rings (SSSR count). The lowest BCUT2D eigenvalue weighted by Gasteiger charge is -2.09. The van der Waals surface area contributed by atoms with E-state index >= 15 is 0 Å². The molecule has 0 spiro atoms. The minimum atomic E-state index is -0.455. The minimum absolute atomic E-state index is 0.299. The Hall–Kier alpha value is -2.61. The lowest BCUT2D eigenvalue weighted by molar-refractivity contribution is 0.631. The van der Waals surface area contributed by atoms with Gasteiger partial charge >= 0.3 is 0 Å². The molecule has 0 aliphatic rings. The zero-order valence-corrected chi connectivity index (χ0v) is 11.2. The molecule has 20 heavy (non-hydrogen) atoms. The topological polar surface area (TPSA) is 60.7 Å². The van der Waals surface area contributed by atoms with Crippen molar-refractivity contribution in [3.05, 3.63) is 47.9 Å². The van der Waals surface area contributed by atoms with Crippen LogP contribution >= 0.6 is 0 Å². The normalized spacial score (nSPS) is 9.85. The van der Waals surface area contributed by atoms with E-state index in [1.807, 2.05) is 12.1 Å². The number of aromatic nitrogens is 1. The number of hydrogen-bond donors (Lipinski definition) is 2. The van der Waals surface area contributed by atoms with E-state index in [1.54, 1.807) is 24.4 Å².